The van der Waals surface area contributed by atoms with Crippen LogP contribution in [-0.2, 0) is 19.2 Å². The summed E-state index contributed by atoms with van der Waals surface area (Å²) in [4.78, 5) is 59.3. The molecule has 7 rings (SSSR count). The van der Waals surface area contributed by atoms with Gasteiger partial charge in [-0.2, -0.15) is 0 Å². The number of aryl methyl sites for hydroxylation is 1. The van der Waals surface area contributed by atoms with Gasteiger partial charge in [0.1, 0.15) is 5.82 Å². The van der Waals surface area contributed by atoms with Crippen LogP contribution in [0.15, 0.2) is 64.7 Å². The molecule has 2 heterocycles. The van der Waals surface area contributed by atoms with Crippen molar-refractivity contribution in [3.63, 3.8) is 0 Å². The third kappa shape index (κ3) is 4.51. The molecule has 2 saturated heterocycles. The summed E-state index contributed by atoms with van der Waals surface area (Å²) in [6, 6.07) is 11.9. The number of allylic oxidation sites excluding steroid dienone is 2. The van der Waals surface area contributed by atoms with Gasteiger partial charge in [0.2, 0.25) is 23.6 Å². The molecule has 12 heteroatoms. The van der Waals surface area contributed by atoms with Crippen LogP contribution in [0.5, 0.6) is 11.5 Å². The van der Waals surface area contributed by atoms with Gasteiger partial charge >= 0.3 is 0 Å². The number of carbonyl (C=O) groups excluding carboxylic acids is 4. The van der Waals surface area contributed by atoms with E-state index in [4.69, 9.17) is 27.9 Å². The lowest BCUT2D eigenvalue weighted by atomic mass is 9.51. The zero-order valence-electron chi connectivity index (χ0n) is 25.4. The maximum absolute atomic E-state index is 14.6. The molecule has 0 aromatic heterocycles. The molecule has 6 unspecified atom stereocenters. The average molecular weight is 742 g/mol. The second kappa shape index (κ2) is 11.2. The van der Waals surface area contributed by atoms with Gasteiger partial charge in [0.25, 0.3) is 0 Å². The topological polar surface area (TPSA) is 104 Å². The van der Waals surface area contributed by atoms with E-state index in [0.717, 1.165) is 16.5 Å². The molecular weight excluding hydrogens is 714 g/mol. The summed E-state index contributed by atoms with van der Waals surface area (Å²) in [7, 11) is 1.41. The molecular formula is C35H28BrCl2FN2O6. The molecule has 1 N–H and O–H groups in total. The molecule has 2 aliphatic heterocycles. The molecule has 242 valence electrons. The van der Waals surface area contributed by atoms with Crippen LogP contribution in [0.25, 0.3) is 0 Å². The molecule has 47 heavy (non-hydrogen) atoms. The Kier molecular flexibility index (Phi) is 7.57. The minimum atomic E-state index is -1.44. The molecule has 6 atom stereocenters. The number of hydrogen-bond acceptors (Lipinski definition) is 6. The molecule has 3 aromatic rings. The molecule has 8 nitrogen and oxygen atoms in total. The van der Waals surface area contributed by atoms with E-state index in [1.165, 1.54) is 24.1 Å². The summed E-state index contributed by atoms with van der Waals surface area (Å²) in [6.45, 7) is 3.51. The number of benzene rings is 3. The third-order valence-electron chi connectivity index (χ3n) is 10.4. The number of phenols is 1. The smallest absolute Gasteiger partial charge is 0.241 e. The largest absolute Gasteiger partial charge is 0.504 e. The minimum absolute atomic E-state index is 0.101. The van der Waals surface area contributed by atoms with Crippen LogP contribution in [0.1, 0.15) is 36.8 Å². The van der Waals surface area contributed by atoms with Gasteiger partial charge in [-0.1, -0.05) is 56.8 Å². The quantitative estimate of drug-likeness (QED) is 0.222. The normalized spacial score (nSPS) is 28.3. The fourth-order valence-corrected chi connectivity index (χ4v) is 8.98. The summed E-state index contributed by atoms with van der Waals surface area (Å²) in [6.07, 6.45) is 2.21. The van der Waals surface area contributed by atoms with E-state index in [-0.39, 0.29) is 41.0 Å². The number of anilines is 2. The number of rotatable bonds is 4. The van der Waals surface area contributed by atoms with E-state index >= 15 is 0 Å². The van der Waals surface area contributed by atoms with Crippen molar-refractivity contribution in [2.45, 2.75) is 32.6 Å². The van der Waals surface area contributed by atoms with E-state index in [9.17, 15) is 28.7 Å². The zero-order chi connectivity index (χ0) is 33.7. The Hall–Kier alpha value is -3.73. The second-order valence-corrected chi connectivity index (χ2v) is 14.5. The first-order chi connectivity index (χ1) is 22.3. The number of nitrogens with zero attached hydrogens (tertiary/aromatic N) is 2. The van der Waals surface area contributed by atoms with E-state index in [1.54, 1.807) is 37.3 Å². The number of halogens is 4. The van der Waals surface area contributed by atoms with Gasteiger partial charge in [0.15, 0.2) is 11.5 Å². The Morgan fingerprint density at radius 1 is 0.936 bits per heavy atom. The Balaban J connectivity index is 1.40. The number of imide groups is 2. The zero-order valence-corrected chi connectivity index (χ0v) is 28.5. The number of amides is 4. The van der Waals surface area contributed by atoms with E-state index in [2.05, 4.69) is 15.9 Å². The first-order valence-corrected chi connectivity index (χ1v) is 16.6. The number of aromatic hydroxyl groups is 1. The Morgan fingerprint density at radius 3 is 2.30 bits per heavy atom. The van der Waals surface area contributed by atoms with Crippen LogP contribution in [0.2, 0.25) is 10.0 Å². The van der Waals surface area contributed by atoms with Gasteiger partial charge in [-0.25, -0.2) is 14.2 Å². The van der Waals surface area contributed by atoms with Crippen molar-refractivity contribution in [3.8, 4) is 11.5 Å². The van der Waals surface area contributed by atoms with Crippen molar-refractivity contribution >= 4 is 74.1 Å². The number of phenolic OH excluding ortho intramolecular Hbond substituents is 1. The van der Waals surface area contributed by atoms with Crippen molar-refractivity contribution in [1.82, 2.24) is 0 Å². The minimum Gasteiger partial charge on any atom is -0.504 e. The van der Waals surface area contributed by atoms with Crippen molar-refractivity contribution in [2.75, 3.05) is 16.9 Å². The summed E-state index contributed by atoms with van der Waals surface area (Å²) in [5, 5.41) is 11.7. The highest BCUT2D eigenvalue weighted by atomic mass is 79.9. The van der Waals surface area contributed by atoms with Crippen LogP contribution in [0, 0.1) is 41.8 Å². The molecule has 4 aliphatic rings. The molecule has 3 fully saturated rings. The molecule has 0 radical (unpaired) electrons. The first-order valence-electron chi connectivity index (χ1n) is 15.0. The molecule has 3 aromatic carbocycles. The van der Waals surface area contributed by atoms with Crippen LogP contribution >= 0.6 is 39.1 Å². The summed E-state index contributed by atoms with van der Waals surface area (Å²) >= 11 is 15.9. The molecule has 1 saturated carbocycles. The Morgan fingerprint density at radius 2 is 1.62 bits per heavy atom. The number of ether oxygens (including phenoxy) is 1. The van der Waals surface area contributed by atoms with Crippen LogP contribution in [0.4, 0.5) is 15.8 Å². The molecule has 4 amide bonds. The number of methoxy groups -OCH3 is 1. The first kappa shape index (κ1) is 31.8. The number of fused-ring (bicyclic) bond motifs is 4. The maximum Gasteiger partial charge on any atom is 0.241 e. The predicted molar refractivity (Wildman–Crippen MR) is 177 cm³/mol. The molecule has 0 bridgehead atoms. The van der Waals surface area contributed by atoms with Crippen LogP contribution in [0.3, 0.4) is 0 Å². The van der Waals surface area contributed by atoms with Gasteiger partial charge in [0, 0.05) is 21.0 Å². The molecule has 0 spiro atoms. The lowest BCUT2D eigenvalue weighted by molar-refractivity contribution is -0.131. The fourth-order valence-electron chi connectivity index (χ4n) is 8.18. The van der Waals surface area contributed by atoms with Crippen molar-refractivity contribution < 1.29 is 33.4 Å². The van der Waals surface area contributed by atoms with Gasteiger partial charge in [-0.3, -0.25) is 19.2 Å². The average Bonchev–Trinajstić information content (AvgIpc) is 3.40. The summed E-state index contributed by atoms with van der Waals surface area (Å²) < 4.78 is 20.2. The lowest BCUT2D eigenvalue weighted by Gasteiger charge is -2.49. The predicted octanol–water partition coefficient (Wildman–Crippen LogP) is 7.35. The highest BCUT2D eigenvalue weighted by molar-refractivity contribution is 9.10. The highest BCUT2D eigenvalue weighted by Crippen LogP contribution is 2.65. The van der Waals surface area contributed by atoms with Gasteiger partial charge in [0.05, 0.1) is 46.7 Å². The van der Waals surface area contributed by atoms with E-state index in [0.29, 0.717) is 26.3 Å². The fraction of sp³-hybridized carbons (Fsp3) is 0.314. The highest BCUT2D eigenvalue weighted by Gasteiger charge is 2.68. The third-order valence-corrected chi connectivity index (χ3v) is 11.6. The standard InChI is InChI=1S/C35H28BrCl2FN2O6/c1-15-4-5-17(12-24(15)37)40-31(43)20-8-7-19-21(28(20)33(40)45)14-23-32(44)41(18-6-9-26(39)25(38)13-18)34(46)35(23,2)29(19)22-10-16(36)11-27(47-3)30(22)42/h4-7,9-13,20-21,23,28-29,42H,8,14H2,1-3H3. The Bertz CT molecular complexity index is 1970. The SMILES string of the molecule is COc1cc(Br)cc(C2C3=CCC4C(=O)N(c5ccc(C)c(Cl)c5)C(=O)C4C3CC3C(=O)N(c4ccc(F)c(Cl)c4)C(=O)C32C)c1O. The Labute approximate surface area is 288 Å². The van der Waals surface area contributed by atoms with Crippen molar-refractivity contribution in [3.05, 3.63) is 91.6 Å². The van der Waals surface area contributed by atoms with E-state index in [1.807, 2.05) is 13.0 Å². The monoisotopic (exact) mass is 740 g/mol. The van der Waals surface area contributed by atoms with Crippen LogP contribution in [-0.4, -0.2) is 35.8 Å². The van der Waals surface area contributed by atoms with E-state index < -0.39 is 58.5 Å². The molecule has 2 aliphatic carbocycles. The number of carbonyl (C=O) groups is 4. The van der Waals surface area contributed by atoms with Gasteiger partial charge < -0.3 is 9.84 Å². The maximum atomic E-state index is 14.6. The van der Waals surface area contributed by atoms with Crippen LogP contribution < -0.4 is 14.5 Å². The second-order valence-electron chi connectivity index (χ2n) is 12.8. The van der Waals surface area contributed by atoms with Crippen molar-refractivity contribution in [2.24, 2.45) is 29.1 Å². The summed E-state index contributed by atoms with van der Waals surface area (Å²) in [5.74, 6) is -6.58. The lowest BCUT2D eigenvalue weighted by Crippen LogP contribution is -2.49. The van der Waals surface area contributed by atoms with Gasteiger partial charge in [-0.15, -0.1) is 0 Å². The summed E-state index contributed by atoms with van der Waals surface area (Å²) in [5.41, 5.74) is 0.853. The van der Waals surface area contributed by atoms with Crippen molar-refractivity contribution in [1.29, 1.82) is 0 Å². The van der Waals surface area contributed by atoms with Gasteiger partial charge in [-0.05, 0) is 80.6 Å². The number of hydrogen-bond donors (Lipinski definition) is 1.